The molecule has 0 aliphatic heterocycles. The summed E-state index contributed by atoms with van der Waals surface area (Å²) >= 11 is 11.2. The highest BCUT2D eigenvalue weighted by molar-refractivity contribution is 6.68. The summed E-state index contributed by atoms with van der Waals surface area (Å²) in [4.78, 5) is 10.8. The van der Waals surface area contributed by atoms with Crippen molar-refractivity contribution >= 4 is 28.4 Å². The molecule has 0 aliphatic carbocycles. The first-order valence-corrected chi connectivity index (χ1v) is 4.77. The van der Waals surface area contributed by atoms with Gasteiger partial charge in [0.1, 0.15) is 0 Å². The monoisotopic (exact) mass is 216 g/mol. The van der Waals surface area contributed by atoms with Crippen LogP contribution in [0.1, 0.15) is 35.7 Å². The van der Waals surface area contributed by atoms with E-state index in [9.17, 15) is 4.79 Å². The lowest BCUT2D eigenvalue weighted by atomic mass is 10.0. The van der Waals surface area contributed by atoms with Crippen LogP contribution in [0.2, 0.25) is 5.02 Å². The third kappa shape index (κ3) is 2.45. The zero-order valence-electron chi connectivity index (χ0n) is 7.47. The van der Waals surface area contributed by atoms with Gasteiger partial charge in [0.2, 0.25) is 0 Å². The molecule has 0 unspecified atom stereocenters. The van der Waals surface area contributed by atoms with E-state index >= 15 is 0 Å². The van der Waals surface area contributed by atoms with Crippen LogP contribution in [0.4, 0.5) is 0 Å². The predicted octanol–water partition coefficient (Wildman–Crippen LogP) is 3.84. The zero-order valence-corrected chi connectivity index (χ0v) is 8.99. The second-order valence-corrected chi connectivity index (χ2v) is 3.92. The molecule has 0 N–H and O–H groups in total. The Morgan fingerprint density at radius 3 is 2.38 bits per heavy atom. The highest BCUT2D eigenvalue weighted by Crippen LogP contribution is 2.23. The highest BCUT2D eigenvalue weighted by atomic mass is 35.5. The van der Waals surface area contributed by atoms with E-state index in [2.05, 4.69) is 13.8 Å². The van der Waals surface area contributed by atoms with E-state index in [4.69, 9.17) is 23.2 Å². The van der Waals surface area contributed by atoms with Crippen LogP contribution in [0.15, 0.2) is 18.2 Å². The van der Waals surface area contributed by atoms with Crippen LogP contribution in [0.3, 0.4) is 0 Å². The third-order valence-electron chi connectivity index (χ3n) is 1.87. The number of hydrogen-bond donors (Lipinski definition) is 0. The zero-order chi connectivity index (χ0) is 10.0. The molecular formula is C10H10Cl2O. The van der Waals surface area contributed by atoms with Crippen LogP contribution in [0.5, 0.6) is 0 Å². The number of halogens is 2. The Morgan fingerprint density at radius 1 is 1.38 bits per heavy atom. The summed E-state index contributed by atoms with van der Waals surface area (Å²) in [5.41, 5.74) is 1.47. The van der Waals surface area contributed by atoms with Crippen LogP contribution in [-0.2, 0) is 0 Å². The Hall–Kier alpha value is -0.530. The summed E-state index contributed by atoms with van der Waals surface area (Å²) in [6.45, 7) is 4.13. The van der Waals surface area contributed by atoms with Crippen molar-refractivity contribution in [2.24, 2.45) is 0 Å². The maximum absolute atomic E-state index is 10.8. The van der Waals surface area contributed by atoms with Crippen molar-refractivity contribution in [2.75, 3.05) is 0 Å². The van der Waals surface area contributed by atoms with Gasteiger partial charge in [0.15, 0.2) is 0 Å². The lowest BCUT2D eigenvalue weighted by Crippen LogP contribution is -1.93. The summed E-state index contributed by atoms with van der Waals surface area (Å²) in [5, 5.41) is -0.0912. The molecule has 0 aromatic heterocycles. The van der Waals surface area contributed by atoms with Crippen LogP contribution in [0, 0.1) is 0 Å². The predicted molar refractivity (Wildman–Crippen MR) is 55.7 cm³/mol. The molecule has 0 fully saturated rings. The quantitative estimate of drug-likeness (QED) is 0.687. The SMILES string of the molecule is CC(C)c1ccc(C(=O)Cl)c(Cl)c1. The molecule has 0 spiro atoms. The highest BCUT2D eigenvalue weighted by Gasteiger charge is 2.08. The van der Waals surface area contributed by atoms with Crippen molar-refractivity contribution in [3.8, 4) is 0 Å². The van der Waals surface area contributed by atoms with Gasteiger partial charge in [-0.05, 0) is 35.2 Å². The van der Waals surface area contributed by atoms with Crippen molar-refractivity contribution in [1.82, 2.24) is 0 Å². The number of hydrogen-bond acceptors (Lipinski definition) is 1. The van der Waals surface area contributed by atoms with Crippen LogP contribution in [-0.4, -0.2) is 5.24 Å². The van der Waals surface area contributed by atoms with E-state index in [0.717, 1.165) is 5.56 Å². The minimum Gasteiger partial charge on any atom is -0.276 e. The van der Waals surface area contributed by atoms with E-state index in [1.807, 2.05) is 6.07 Å². The first kappa shape index (κ1) is 10.6. The lowest BCUT2D eigenvalue weighted by Gasteiger charge is -2.06. The van der Waals surface area contributed by atoms with Crippen LogP contribution >= 0.6 is 23.2 Å². The molecule has 0 aliphatic rings. The Kier molecular flexibility index (Phi) is 3.34. The number of rotatable bonds is 2. The third-order valence-corrected chi connectivity index (χ3v) is 2.39. The average molecular weight is 217 g/mol. The fraction of sp³-hybridized carbons (Fsp3) is 0.300. The van der Waals surface area contributed by atoms with Gasteiger partial charge in [-0.25, -0.2) is 0 Å². The van der Waals surface area contributed by atoms with Gasteiger partial charge in [-0.15, -0.1) is 0 Å². The largest absolute Gasteiger partial charge is 0.276 e. The van der Waals surface area contributed by atoms with Gasteiger partial charge in [0.25, 0.3) is 5.24 Å². The lowest BCUT2D eigenvalue weighted by molar-refractivity contribution is 0.108. The molecule has 3 heteroatoms. The smallest absolute Gasteiger partial charge is 0.253 e. The fourth-order valence-corrected chi connectivity index (χ4v) is 1.54. The summed E-state index contributed by atoms with van der Waals surface area (Å²) in [6.07, 6.45) is 0. The summed E-state index contributed by atoms with van der Waals surface area (Å²) in [7, 11) is 0. The maximum atomic E-state index is 10.8. The minimum absolute atomic E-state index is 0.368. The average Bonchev–Trinajstić information content (AvgIpc) is 2.03. The maximum Gasteiger partial charge on any atom is 0.253 e. The minimum atomic E-state index is -0.514. The van der Waals surface area contributed by atoms with Crippen LogP contribution in [0.25, 0.3) is 0 Å². The van der Waals surface area contributed by atoms with Gasteiger partial charge in [-0.1, -0.05) is 31.5 Å². The number of carbonyl (C=O) groups is 1. The van der Waals surface area contributed by atoms with Gasteiger partial charge in [-0.2, -0.15) is 0 Å². The van der Waals surface area contributed by atoms with Gasteiger partial charge >= 0.3 is 0 Å². The molecule has 70 valence electrons. The molecule has 1 nitrogen and oxygen atoms in total. The van der Waals surface area contributed by atoms with Crippen molar-refractivity contribution in [1.29, 1.82) is 0 Å². The molecule has 0 bridgehead atoms. The molecular weight excluding hydrogens is 207 g/mol. The topological polar surface area (TPSA) is 17.1 Å². The number of carbonyl (C=O) groups excluding carboxylic acids is 1. The van der Waals surface area contributed by atoms with Crippen molar-refractivity contribution in [2.45, 2.75) is 19.8 Å². The Balaban J connectivity index is 3.13. The van der Waals surface area contributed by atoms with E-state index in [0.29, 0.717) is 16.5 Å². The molecule has 0 amide bonds. The molecule has 0 heterocycles. The summed E-state index contributed by atoms with van der Waals surface area (Å²) < 4.78 is 0. The second kappa shape index (κ2) is 4.12. The second-order valence-electron chi connectivity index (χ2n) is 3.17. The summed E-state index contributed by atoms with van der Waals surface area (Å²) in [5.74, 6) is 0.400. The van der Waals surface area contributed by atoms with E-state index in [1.54, 1.807) is 12.1 Å². The summed E-state index contributed by atoms with van der Waals surface area (Å²) in [6, 6.07) is 5.31. The fourth-order valence-electron chi connectivity index (χ4n) is 1.05. The molecule has 0 radical (unpaired) electrons. The normalized spacial score (nSPS) is 10.5. The van der Waals surface area contributed by atoms with Gasteiger partial charge in [0, 0.05) is 0 Å². The first-order chi connectivity index (χ1) is 6.02. The molecule has 0 saturated heterocycles. The van der Waals surface area contributed by atoms with Gasteiger partial charge < -0.3 is 0 Å². The van der Waals surface area contributed by atoms with Crippen molar-refractivity contribution in [3.63, 3.8) is 0 Å². The molecule has 13 heavy (non-hydrogen) atoms. The molecule has 0 saturated carbocycles. The van der Waals surface area contributed by atoms with Crippen molar-refractivity contribution in [3.05, 3.63) is 34.3 Å². The van der Waals surface area contributed by atoms with E-state index in [-0.39, 0.29) is 0 Å². The van der Waals surface area contributed by atoms with E-state index in [1.165, 1.54) is 0 Å². The standard InChI is InChI=1S/C10H10Cl2O/c1-6(2)7-3-4-8(10(12)13)9(11)5-7/h3-6H,1-2H3. The Labute approximate surface area is 87.7 Å². The molecule has 1 rings (SSSR count). The molecule has 1 aromatic carbocycles. The Morgan fingerprint density at radius 2 is 2.00 bits per heavy atom. The first-order valence-electron chi connectivity index (χ1n) is 4.01. The van der Waals surface area contributed by atoms with Gasteiger partial charge in [0.05, 0.1) is 10.6 Å². The van der Waals surface area contributed by atoms with Crippen LogP contribution < -0.4 is 0 Å². The number of benzene rings is 1. The molecule has 0 atom stereocenters. The van der Waals surface area contributed by atoms with Gasteiger partial charge in [-0.3, -0.25) is 4.79 Å². The van der Waals surface area contributed by atoms with E-state index < -0.39 is 5.24 Å². The van der Waals surface area contributed by atoms with Crippen molar-refractivity contribution < 1.29 is 4.79 Å². The molecule has 1 aromatic rings. The Bertz CT molecular complexity index is 332.